The standard InChI is InChI=1S/C11H12Cl2N4S/c1-14-6-2-3-17(5-6)11-8(13)4-7(12)9-10(11)16-18-15-9/h4,6,14H,2-3,5H2,1H3. The second-order valence-corrected chi connectivity index (χ2v) is 5.71. The lowest BCUT2D eigenvalue weighted by Gasteiger charge is -2.20. The molecule has 1 aromatic carbocycles. The fourth-order valence-electron chi connectivity index (χ4n) is 2.36. The SMILES string of the molecule is CNC1CCN(c2c(Cl)cc(Cl)c3nsnc23)C1. The Kier molecular flexibility index (Phi) is 3.32. The lowest BCUT2D eigenvalue weighted by Crippen LogP contribution is -2.29. The van der Waals surface area contributed by atoms with Gasteiger partial charge in [-0.3, -0.25) is 0 Å². The fourth-order valence-corrected chi connectivity index (χ4v) is 3.59. The van der Waals surface area contributed by atoms with Crippen molar-refractivity contribution < 1.29 is 0 Å². The number of hydrogen-bond donors (Lipinski definition) is 1. The highest BCUT2D eigenvalue weighted by atomic mass is 35.5. The zero-order chi connectivity index (χ0) is 12.7. The lowest BCUT2D eigenvalue weighted by atomic mass is 10.2. The molecule has 1 unspecified atom stereocenters. The summed E-state index contributed by atoms with van der Waals surface area (Å²) in [6.45, 7) is 1.91. The topological polar surface area (TPSA) is 41.0 Å². The summed E-state index contributed by atoms with van der Waals surface area (Å²) in [4.78, 5) is 2.25. The molecular weight excluding hydrogens is 291 g/mol. The van der Waals surface area contributed by atoms with Crippen LogP contribution in [0.3, 0.4) is 0 Å². The Morgan fingerprint density at radius 3 is 2.83 bits per heavy atom. The number of nitrogens with zero attached hydrogens (tertiary/aromatic N) is 3. The van der Waals surface area contributed by atoms with Crippen molar-refractivity contribution in [3.63, 3.8) is 0 Å². The van der Waals surface area contributed by atoms with Crippen LogP contribution in [0.4, 0.5) is 5.69 Å². The van der Waals surface area contributed by atoms with Crippen molar-refractivity contribution in [3.05, 3.63) is 16.1 Å². The molecule has 2 heterocycles. The number of aromatic nitrogens is 2. The first kappa shape index (κ1) is 12.4. The number of benzene rings is 1. The van der Waals surface area contributed by atoms with Crippen molar-refractivity contribution in [2.75, 3.05) is 25.0 Å². The summed E-state index contributed by atoms with van der Waals surface area (Å²) in [7, 11) is 1.98. The summed E-state index contributed by atoms with van der Waals surface area (Å²) in [6.07, 6.45) is 1.11. The normalized spacial score (nSPS) is 19.9. The van der Waals surface area contributed by atoms with Crippen molar-refractivity contribution in [3.8, 4) is 0 Å². The zero-order valence-corrected chi connectivity index (χ0v) is 12.1. The van der Waals surface area contributed by atoms with Gasteiger partial charge in [0, 0.05) is 19.1 Å². The zero-order valence-electron chi connectivity index (χ0n) is 9.78. The Morgan fingerprint density at radius 1 is 1.33 bits per heavy atom. The molecule has 3 rings (SSSR count). The highest BCUT2D eigenvalue weighted by Gasteiger charge is 2.26. The van der Waals surface area contributed by atoms with Gasteiger partial charge in [0.25, 0.3) is 0 Å². The minimum atomic E-state index is 0.499. The molecular formula is C11H12Cl2N4S. The number of anilines is 1. The average molecular weight is 303 g/mol. The van der Waals surface area contributed by atoms with Crippen LogP contribution in [-0.2, 0) is 0 Å². The molecule has 1 aliphatic heterocycles. The molecule has 0 amide bonds. The van der Waals surface area contributed by atoms with E-state index >= 15 is 0 Å². The van der Waals surface area contributed by atoms with E-state index in [0.717, 1.165) is 36.2 Å². The van der Waals surface area contributed by atoms with Gasteiger partial charge in [0.15, 0.2) is 0 Å². The highest BCUT2D eigenvalue weighted by Crippen LogP contribution is 2.38. The maximum absolute atomic E-state index is 6.33. The Bertz CT molecular complexity index is 586. The summed E-state index contributed by atoms with van der Waals surface area (Å²) in [5.41, 5.74) is 2.52. The largest absolute Gasteiger partial charge is 0.367 e. The second-order valence-electron chi connectivity index (χ2n) is 4.37. The first-order valence-corrected chi connectivity index (χ1v) is 7.22. The van der Waals surface area contributed by atoms with Gasteiger partial charge >= 0.3 is 0 Å². The average Bonchev–Trinajstić information content (AvgIpc) is 2.97. The molecule has 4 nitrogen and oxygen atoms in total. The summed E-state index contributed by atoms with van der Waals surface area (Å²) in [5.74, 6) is 0. The van der Waals surface area contributed by atoms with Gasteiger partial charge in [-0.25, -0.2) is 0 Å². The van der Waals surface area contributed by atoms with E-state index in [2.05, 4.69) is 19.0 Å². The third kappa shape index (κ3) is 1.95. The van der Waals surface area contributed by atoms with Crippen LogP contribution in [-0.4, -0.2) is 34.9 Å². The van der Waals surface area contributed by atoms with Gasteiger partial charge in [-0.15, -0.1) is 0 Å². The molecule has 0 radical (unpaired) electrons. The van der Waals surface area contributed by atoms with Crippen molar-refractivity contribution in [2.45, 2.75) is 12.5 Å². The van der Waals surface area contributed by atoms with E-state index in [1.807, 2.05) is 7.05 Å². The summed E-state index contributed by atoms with van der Waals surface area (Å²) < 4.78 is 8.56. The van der Waals surface area contributed by atoms with Crippen LogP contribution < -0.4 is 10.2 Å². The predicted molar refractivity (Wildman–Crippen MR) is 77.1 cm³/mol. The van der Waals surface area contributed by atoms with Gasteiger partial charge in [-0.05, 0) is 19.5 Å². The second kappa shape index (κ2) is 4.81. The van der Waals surface area contributed by atoms with E-state index in [1.54, 1.807) is 6.07 Å². The summed E-state index contributed by atoms with van der Waals surface area (Å²) in [5, 5.41) is 4.51. The molecule has 1 saturated heterocycles. The molecule has 7 heteroatoms. The molecule has 1 aromatic heterocycles. The van der Waals surface area contributed by atoms with Crippen LogP contribution in [0.15, 0.2) is 6.07 Å². The van der Waals surface area contributed by atoms with Crippen molar-refractivity contribution in [1.29, 1.82) is 0 Å². The number of nitrogens with one attached hydrogen (secondary N) is 1. The van der Waals surface area contributed by atoms with E-state index in [4.69, 9.17) is 23.2 Å². The first-order chi connectivity index (χ1) is 8.70. The molecule has 96 valence electrons. The van der Waals surface area contributed by atoms with E-state index < -0.39 is 0 Å². The Balaban J connectivity index is 2.09. The van der Waals surface area contributed by atoms with Gasteiger partial charge in [-0.2, -0.15) is 8.75 Å². The molecule has 1 atom stereocenters. The first-order valence-electron chi connectivity index (χ1n) is 5.73. The number of halogens is 2. The minimum Gasteiger partial charge on any atom is -0.367 e. The Labute approximate surface area is 119 Å². The molecule has 18 heavy (non-hydrogen) atoms. The molecule has 1 N–H and O–H groups in total. The number of hydrogen-bond acceptors (Lipinski definition) is 5. The van der Waals surface area contributed by atoms with Gasteiger partial charge in [0.2, 0.25) is 0 Å². The molecule has 1 aliphatic rings. The van der Waals surface area contributed by atoms with Crippen LogP contribution in [0, 0.1) is 0 Å². The van der Waals surface area contributed by atoms with Crippen molar-refractivity contribution in [1.82, 2.24) is 14.1 Å². The highest BCUT2D eigenvalue weighted by molar-refractivity contribution is 7.00. The van der Waals surface area contributed by atoms with Gasteiger partial charge < -0.3 is 10.2 Å². The van der Waals surface area contributed by atoms with Gasteiger partial charge in [0.1, 0.15) is 11.0 Å². The third-order valence-electron chi connectivity index (χ3n) is 3.33. The van der Waals surface area contributed by atoms with E-state index in [-0.39, 0.29) is 0 Å². The molecule has 1 fully saturated rings. The van der Waals surface area contributed by atoms with Crippen LogP contribution in [0.25, 0.3) is 11.0 Å². The minimum absolute atomic E-state index is 0.499. The Hall–Kier alpha value is -0.620. The monoisotopic (exact) mass is 302 g/mol. The fraction of sp³-hybridized carbons (Fsp3) is 0.455. The summed E-state index contributed by atoms with van der Waals surface area (Å²) in [6, 6.07) is 2.26. The third-order valence-corrected chi connectivity index (χ3v) is 4.44. The van der Waals surface area contributed by atoms with Crippen LogP contribution in [0.1, 0.15) is 6.42 Å². The van der Waals surface area contributed by atoms with Gasteiger partial charge in [0.05, 0.1) is 27.5 Å². The van der Waals surface area contributed by atoms with E-state index in [9.17, 15) is 0 Å². The smallest absolute Gasteiger partial charge is 0.131 e. The quantitative estimate of drug-likeness (QED) is 0.926. The van der Waals surface area contributed by atoms with Crippen LogP contribution >= 0.6 is 34.9 Å². The number of likely N-dealkylation sites (N-methyl/N-ethyl adjacent to an activating group) is 1. The molecule has 2 aromatic rings. The van der Waals surface area contributed by atoms with E-state index in [0.29, 0.717) is 16.1 Å². The van der Waals surface area contributed by atoms with Gasteiger partial charge in [-0.1, -0.05) is 23.2 Å². The maximum atomic E-state index is 6.33. The molecule has 0 bridgehead atoms. The predicted octanol–water partition coefficient (Wildman–Crippen LogP) is 2.80. The van der Waals surface area contributed by atoms with Crippen molar-refractivity contribution in [2.24, 2.45) is 0 Å². The van der Waals surface area contributed by atoms with E-state index in [1.165, 1.54) is 11.7 Å². The molecule has 0 spiro atoms. The van der Waals surface area contributed by atoms with Crippen molar-refractivity contribution >= 4 is 51.7 Å². The maximum Gasteiger partial charge on any atom is 0.131 e. The molecule has 0 saturated carbocycles. The Morgan fingerprint density at radius 2 is 2.11 bits per heavy atom. The van der Waals surface area contributed by atoms with Crippen LogP contribution in [0.2, 0.25) is 10.0 Å². The number of fused-ring (bicyclic) bond motifs is 1. The number of rotatable bonds is 2. The van der Waals surface area contributed by atoms with Crippen LogP contribution in [0.5, 0.6) is 0 Å². The lowest BCUT2D eigenvalue weighted by molar-refractivity contribution is 0.617. The summed E-state index contributed by atoms with van der Waals surface area (Å²) >= 11 is 13.6. The molecule has 0 aliphatic carbocycles.